The quantitative estimate of drug-likeness (QED) is 0.617. The predicted octanol–water partition coefficient (Wildman–Crippen LogP) is 4.41. The van der Waals surface area contributed by atoms with Gasteiger partial charge in [0.05, 0.1) is 17.9 Å². The molecule has 0 unspecified atom stereocenters. The molecule has 0 bridgehead atoms. The first-order valence-corrected chi connectivity index (χ1v) is 9.59. The van der Waals surface area contributed by atoms with Crippen LogP contribution in [0.5, 0.6) is 0 Å². The molecule has 6 nitrogen and oxygen atoms in total. The number of aromatic nitrogens is 2. The summed E-state index contributed by atoms with van der Waals surface area (Å²) in [7, 11) is 0. The summed E-state index contributed by atoms with van der Waals surface area (Å²) in [6, 6.07) is 10.7. The lowest BCUT2D eigenvalue weighted by Gasteiger charge is -2.09. The molecule has 1 amide bonds. The molecule has 0 atom stereocenters. The average molecular weight is 379 g/mol. The highest BCUT2D eigenvalue weighted by atomic mass is 16.5. The van der Waals surface area contributed by atoms with Crippen LogP contribution in [-0.4, -0.2) is 27.9 Å². The molecule has 146 valence electrons. The van der Waals surface area contributed by atoms with Crippen molar-refractivity contribution in [3.63, 3.8) is 0 Å². The fourth-order valence-corrected chi connectivity index (χ4v) is 3.04. The number of amides is 1. The zero-order valence-electron chi connectivity index (χ0n) is 16.5. The van der Waals surface area contributed by atoms with E-state index in [1.54, 1.807) is 24.3 Å². The van der Waals surface area contributed by atoms with Gasteiger partial charge in [-0.2, -0.15) is 0 Å². The van der Waals surface area contributed by atoms with E-state index in [1.807, 2.05) is 36.6 Å². The van der Waals surface area contributed by atoms with E-state index < -0.39 is 5.97 Å². The minimum atomic E-state index is -0.394. The fraction of sp³-hybridized carbons (Fsp3) is 0.318. The van der Waals surface area contributed by atoms with Crippen molar-refractivity contribution in [1.82, 2.24) is 9.38 Å². The molecule has 2 aromatic heterocycles. The average Bonchev–Trinajstić information content (AvgIpc) is 3.03. The summed E-state index contributed by atoms with van der Waals surface area (Å²) in [6.45, 7) is 6.37. The molecule has 0 aliphatic heterocycles. The van der Waals surface area contributed by atoms with Crippen LogP contribution in [0.1, 0.15) is 58.8 Å². The van der Waals surface area contributed by atoms with Gasteiger partial charge in [0.15, 0.2) is 0 Å². The van der Waals surface area contributed by atoms with Gasteiger partial charge in [0.1, 0.15) is 11.3 Å². The number of carbonyl (C=O) groups excluding carboxylic acids is 2. The zero-order valence-corrected chi connectivity index (χ0v) is 16.5. The van der Waals surface area contributed by atoms with E-state index >= 15 is 0 Å². The van der Waals surface area contributed by atoms with Crippen LogP contribution in [0.4, 0.5) is 5.69 Å². The highest BCUT2D eigenvalue weighted by Gasteiger charge is 2.19. The van der Waals surface area contributed by atoms with Gasteiger partial charge in [0, 0.05) is 11.9 Å². The molecule has 6 heteroatoms. The minimum Gasteiger partial charge on any atom is -0.462 e. The summed E-state index contributed by atoms with van der Waals surface area (Å²) in [5.74, 6) is -0.645. The lowest BCUT2D eigenvalue weighted by Crippen LogP contribution is -2.17. The number of ether oxygens (including phenoxy) is 1. The number of benzene rings is 1. The highest BCUT2D eigenvalue weighted by Crippen LogP contribution is 2.19. The number of nitrogens with zero attached hydrogens (tertiary/aromatic N) is 2. The van der Waals surface area contributed by atoms with E-state index in [1.165, 1.54) is 0 Å². The number of fused-ring (bicyclic) bond motifs is 1. The Balaban J connectivity index is 1.89. The summed E-state index contributed by atoms with van der Waals surface area (Å²) in [6.07, 6.45) is 4.23. The molecule has 0 saturated heterocycles. The van der Waals surface area contributed by atoms with Crippen molar-refractivity contribution in [3.05, 3.63) is 65.1 Å². The Bertz CT molecular complexity index is 1010. The van der Waals surface area contributed by atoms with Crippen molar-refractivity contribution in [2.45, 2.75) is 40.0 Å². The molecule has 0 spiro atoms. The number of rotatable bonds is 7. The molecule has 1 aromatic carbocycles. The number of hydrogen-bond donors (Lipinski definition) is 1. The van der Waals surface area contributed by atoms with Gasteiger partial charge < -0.3 is 10.1 Å². The smallest absolute Gasteiger partial charge is 0.338 e. The molecule has 28 heavy (non-hydrogen) atoms. The van der Waals surface area contributed by atoms with Crippen molar-refractivity contribution in [1.29, 1.82) is 0 Å². The molecule has 0 radical (unpaired) electrons. The van der Waals surface area contributed by atoms with Crippen LogP contribution >= 0.6 is 0 Å². The molecule has 0 aliphatic rings. The maximum Gasteiger partial charge on any atom is 0.338 e. The predicted molar refractivity (Wildman–Crippen MR) is 109 cm³/mol. The van der Waals surface area contributed by atoms with Crippen molar-refractivity contribution in [2.75, 3.05) is 11.9 Å². The number of imidazole rings is 1. The second-order valence-electron chi connectivity index (χ2n) is 6.76. The Kier molecular flexibility index (Phi) is 6.09. The Morgan fingerprint density at radius 3 is 2.71 bits per heavy atom. The van der Waals surface area contributed by atoms with Gasteiger partial charge in [-0.25, -0.2) is 9.78 Å². The molecule has 3 aromatic rings. The second kappa shape index (κ2) is 8.69. The van der Waals surface area contributed by atoms with Crippen LogP contribution in [0.3, 0.4) is 0 Å². The summed E-state index contributed by atoms with van der Waals surface area (Å²) in [4.78, 5) is 29.7. The molecule has 0 aliphatic carbocycles. The van der Waals surface area contributed by atoms with Gasteiger partial charge in [-0.3, -0.25) is 9.20 Å². The summed E-state index contributed by atoms with van der Waals surface area (Å²) in [5, 5.41) is 2.89. The molecular weight excluding hydrogens is 354 g/mol. The Morgan fingerprint density at radius 2 is 1.96 bits per heavy atom. The molecule has 0 saturated carbocycles. The van der Waals surface area contributed by atoms with E-state index in [2.05, 4.69) is 17.2 Å². The molecule has 3 rings (SSSR count). The maximum atomic E-state index is 13.0. The first-order chi connectivity index (χ1) is 13.5. The third kappa shape index (κ3) is 4.22. The van der Waals surface area contributed by atoms with Crippen LogP contribution in [0.15, 0.2) is 42.6 Å². The van der Waals surface area contributed by atoms with Crippen LogP contribution in [-0.2, 0) is 11.2 Å². The van der Waals surface area contributed by atoms with Gasteiger partial charge in [0.2, 0.25) is 0 Å². The molecule has 2 heterocycles. The summed E-state index contributed by atoms with van der Waals surface area (Å²) < 4.78 is 6.98. The van der Waals surface area contributed by atoms with Crippen molar-refractivity contribution in [3.8, 4) is 0 Å². The zero-order chi connectivity index (χ0) is 20.1. The number of carbonyl (C=O) groups is 2. The highest BCUT2D eigenvalue weighted by molar-refractivity contribution is 6.05. The van der Waals surface area contributed by atoms with E-state index in [0.29, 0.717) is 30.0 Å². The van der Waals surface area contributed by atoms with Crippen molar-refractivity contribution < 1.29 is 14.3 Å². The minimum absolute atomic E-state index is 0.251. The Labute approximate surface area is 164 Å². The fourth-order valence-electron chi connectivity index (χ4n) is 3.04. The summed E-state index contributed by atoms with van der Waals surface area (Å²) in [5.41, 5.74) is 4.09. The topological polar surface area (TPSA) is 72.7 Å². The SMILES string of the molecule is CCCOC(=O)c1cccc(NC(=O)c2c(CCC)nc3cc(C)ccn23)c1. The number of nitrogens with one attached hydrogen (secondary N) is 1. The number of anilines is 1. The number of aryl methyl sites for hydroxylation is 2. The monoisotopic (exact) mass is 379 g/mol. The third-order valence-electron chi connectivity index (χ3n) is 4.35. The number of hydrogen-bond acceptors (Lipinski definition) is 4. The van der Waals surface area contributed by atoms with Crippen LogP contribution in [0.2, 0.25) is 0 Å². The van der Waals surface area contributed by atoms with E-state index in [4.69, 9.17) is 4.74 Å². The van der Waals surface area contributed by atoms with E-state index in [0.717, 1.165) is 29.7 Å². The lowest BCUT2D eigenvalue weighted by atomic mass is 10.1. The van der Waals surface area contributed by atoms with Gasteiger partial charge in [-0.1, -0.05) is 26.3 Å². The van der Waals surface area contributed by atoms with E-state index in [-0.39, 0.29) is 5.91 Å². The van der Waals surface area contributed by atoms with Gasteiger partial charge in [-0.15, -0.1) is 0 Å². The lowest BCUT2D eigenvalue weighted by molar-refractivity contribution is 0.0505. The van der Waals surface area contributed by atoms with Crippen LogP contribution in [0, 0.1) is 6.92 Å². The maximum absolute atomic E-state index is 13.0. The Hall–Kier alpha value is -3.15. The first-order valence-electron chi connectivity index (χ1n) is 9.59. The normalized spacial score (nSPS) is 10.8. The second-order valence-corrected chi connectivity index (χ2v) is 6.76. The molecular formula is C22H25N3O3. The third-order valence-corrected chi connectivity index (χ3v) is 4.35. The number of esters is 1. The Morgan fingerprint density at radius 1 is 1.14 bits per heavy atom. The number of pyridine rings is 1. The van der Waals surface area contributed by atoms with Gasteiger partial charge in [-0.05, 0) is 55.7 Å². The first kappa shape index (κ1) is 19.6. The molecule has 0 fully saturated rings. The van der Waals surface area contributed by atoms with Crippen LogP contribution < -0.4 is 5.32 Å². The standard InChI is InChI=1S/C22H25N3O3/c1-4-7-18-20(25-11-10-15(3)13-19(25)24-18)21(26)23-17-9-6-8-16(14-17)22(27)28-12-5-2/h6,8-11,13-14H,4-5,7,12H2,1-3H3,(H,23,26). The van der Waals surface area contributed by atoms with Crippen molar-refractivity contribution in [2.24, 2.45) is 0 Å². The largest absolute Gasteiger partial charge is 0.462 e. The van der Waals surface area contributed by atoms with Gasteiger partial charge >= 0.3 is 5.97 Å². The molecule has 1 N–H and O–H groups in total. The van der Waals surface area contributed by atoms with Gasteiger partial charge in [0.25, 0.3) is 5.91 Å². The van der Waals surface area contributed by atoms with Crippen molar-refractivity contribution >= 4 is 23.2 Å². The van der Waals surface area contributed by atoms with Crippen LogP contribution in [0.25, 0.3) is 5.65 Å². The van der Waals surface area contributed by atoms with E-state index in [9.17, 15) is 9.59 Å². The summed E-state index contributed by atoms with van der Waals surface area (Å²) >= 11 is 0.